The summed E-state index contributed by atoms with van der Waals surface area (Å²) in [6.07, 6.45) is 0. The van der Waals surface area contributed by atoms with Crippen molar-refractivity contribution in [1.82, 2.24) is 4.98 Å². The molecule has 0 atom stereocenters. The van der Waals surface area contributed by atoms with Gasteiger partial charge in [0.25, 0.3) is 0 Å². The summed E-state index contributed by atoms with van der Waals surface area (Å²) in [5.74, 6) is 0.654. The van der Waals surface area contributed by atoms with E-state index in [1.165, 1.54) is 5.56 Å². The van der Waals surface area contributed by atoms with Gasteiger partial charge in [-0.3, -0.25) is 0 Å². The Kier molecular flexibility index (Phi) is 3.67. The Morgan fingerprint density at radius 3 is 2.47 bits per heavy atom. The van der Waals surface area contributed by atoms with Gasteiger partial charge in [-0.15, -0.1) is 0 Å². The number of anilines is 3. The maximum absolute atomic E-state index is 5.91. The molecule has 0 aliphatic rings. The fraction of sp³-hybridized carbons (Fsp3) is 0.267. The lowest BCUT2D eigenvalue weighted by Gasteiger charge is -2.23. The van der Waals surface area contributed by atoms with Crippen molar-refractivity contribution in [3.63, 3.8) is 0 Å². The molecular weight excluding hydrogens is 258 g/mol. The maximum Gasteiger partial charge on any atom is 0.134 e. The summed E-state index contributed by atoms with van der Waals surface area (Å²) in [7, 11) is 0. The lowest BCUT2D eigenvalue weighted by atomic mass is 9.86. The molecule has 0 bridgehead atoms. The van der Waals surface area contributed by atoms with Crippen molar-refractivity contribution in [2.24, 2.45) is 0 Å². The lowest BCUT2D eigenvalue weighted by Crippen LogP contribution is -2.13. The minimum atomic E-state index is 0.0493. The van der Waals surface area contributed by atoms with Crippen LogP contribution in [0.25, 0.3) is 0 Å². The van der Waals surface area contributed by atoms with Crippen molar-refractivity contribution in [2.45, 2.75) is 26.2 Å². The van der Waals surface area contributed by atoms with Crippen molar-refractivity contribution < 1.29 is 0 Å². The highest BCUT2D eigenvalue weighted by atomic mass is 35.5. The Morgan fingerprint density at radius 1 is 1.16 bits per heavy atom. The fourth-order valence-electron chi connectivity index (χ4n) is 1.96. The van der Waals surface area contributed by atoms with Crippen molar-refractivity contribution in [3.05, 3.63) is 47.1 Å². The van der Waals surface area contributed by atoms with Crippen LogP contribution in [0.3, 0.4) is 0 Å². The molecule has 1 aromatic carbocycles. The van der Waals surface area contributed by atoms with Gasteiger partial charge in [0.2, 0.25) is 0 Å². The minimum Gasteiger partial charge on any atom is -0.399 e. The SMILES string of the molecule is CC(C)(C)c1ccccc1Nc1cc(N)cc(Cl)n1. The van der Waals surface area contributed by atoms with Crippen LogP contribution in [0.1, 0.15) is 26.3 Å². The molecule has 3 N–H and O–H groups in total. The summed E-state index contributed by atoms with van der Waals surface area (Å²) >= 11 is 5.91. The van der Waals surface area contributed by atoms with Gasteiger partial charge in [0.1, 0.15) is 11.0 Å². The molecular formula is C15H18ClN3. The van der Waals surface area contributed by atoms with E-state index in [1.54, 1.807) is 12.1 Å². The number of pyridine rings is 1. The molecule has 0 fully saturated rings. The first-order valence-corrected chi connectivity index (χ1v) is 6.53. The zero-order chi connectivity index (χ0) is 14.0. The van der Waals surface area contributed by atoms with Crippen molar-refractivity contribution >= 4 is 28.8 Å². The van der Waals surface area contributed by atoms with Gasteiger partial charge in [0, 0.05) is 17.4 Å². The molecule has 4 heteroatoms. The first kappa shape index (κ1) is 13.7. The molecule has 0 saturated heterocycles. The van der Waals surface area contributed by atoms with Crippen LogP contribution in [0.15, 0.2) is 36.4 Å². The molecule has 100 valence electrons. The number of hydrogen-bond acceptors (Lipinski definition) is 3. The van der Waals surface area contributed by atoms with Crippen LogP contribution in [-0.2, 0) is 5.41 Å². The number of nitrogens with zero attached hydrogens (tertiary/aromatic N) is 1. The monoisotopic (exact) mass is 275 g/mol. The Hall–Kier alpha value is -1.74. The van der Waals surface area contributed by atoms with Crippen LogP contribution in [-0.4, -0.2) is 4.98 Å². The highest BCUT2D eigenvalue weighted by molar-refractivity contribution is 6.29. The highest BCUT2D eigenvalue weighted by Crippen LogP contribution is 2.31. The number of benzene rings is 1. The molecule has 1 heterocycles. The van der Waals surface area contributed by atoms with E-state index in [9.17, 15) is 0 Å². The number of rotatable bonds is 2. The van der Waals surface area contributed by atoms with E-state index in [2.05, 4.69) is 37.1 Å². The predicted octanol–water partition coefficient (Wildman–Crippen LogP) is 4.36. The molecule has 0 unspecified atom stereocenters. The van der Waals surface area contributed by atoms with Crippen LogP contribution in [0.2, 0.25) is 5.15 Å². The molecule has 0 spiro atoms. The third kappa shape index (κ3) is 3.38. The zero-order valence-corrected chi connectivity index (χ0v) is 12.1. The van der Waals surface area contributed by atoms with Crippen molar-refractivity contribution in [1.29, 1.82) is 0 Å². The van der Waals surface area contributed by atoms with Gasteiger partial charge < -0.3 is 11.1 Å². The molecule has 2 rings (SSSR count). The maximum atomic E-state index is 5.91. The standard InChI is InChI=1S/C15H18ClN3/c1-15(2,3)11-6-4-5-7-12(11)18-14-9-10(17)8-13(16)19-14/h4-9H,1-3H3,(H3,17,18,19). The van der Waals surface area contributed by atoms with E-state index >= 15 is 0 Å². The summed E-state index contributed by atoms with van der Waals surface area (Å²) in [4.78, 5) is 4.23. The van der Waals surface area contributed by atoms with Gasteiger partial charge >= 0.3 is 0 Å². The summed E-state index contributed by atoms with van der Waals surface area (Å²) in [5.41, 5.74) is 8.65. The van der Waals surface area contributed by atoms with E-state index in [4.69, 9.17) is 17.3 Å². The van der Waals surface area contributed by atoms with Gasteiger partial charge in [-0.05, 0) is 23.1 Å². The smallest absolute Gasteiger partial charge is 0.134 e. The number of nitrogens with two attached hydrogens (primary N) is 1. The van der Waals surface area contributed by atoms with Gasteiger partial charge in [-0.25, -0.2) is 4.98 Å². The molecule has 19 heavy (non-hydrogen) atoms. The molecule has 0 aliphatic carbocycles. The second-order valence-electron chi connectivity index (χ2n) is 5.53. The van der Waals surface area contributed by atoms with Gasteiger partial charge in [-0.1, -0.05) is 50.6 Å². The molecule has 0 amide bonds. The quantitative estimate of drug-likeness (QED) is 0.801. The molecule has 2 aromatic rings. The van der Waals surface area contributed by atoms with Crippen LogP contribution in [0.5, 0.6) is 0 Å². The largest absolute Gasteiger partial charge is 0.399 e. The van der Waals surface area contributed by atoms with Crippen LogP contribution in [0.4, 0.5) is 17.2 Å². The third-order valence-corrected chi connectivity index (χ3v) is 3.01. The van der Waals surface area contributed by atoms with E-state index < -0.39 is 0 Å². The van der Waals surface area contributed by atoms with Crippen LogP contribution in [0, 0.1) is 0 Å². The average molecular weight is 276 g/mol. The Bertz CT molecular complexity index is 568. The molecule has 0 radical (unpaired) electrons. The summed E-state index contributed by atoms with van der Waals surface area (Å²) < 4.78 is 0. The Balaban J connectivity index is 2.38. The highest BCUT2D eigenvalue weighted by Gasteiger charge is 2.17. The van der Waals surface area contributed by atoms with E-state index in [1.807, 2.05) is 18.2 Å². The van der Waals surface area contributed by atoms with E-state index in [0.29, 0.717) is 16.7 Å². The summed E-state index contributed by atoms with van der Waals surface area (Å²) in [5, 5.41) is 3.67. The van der Waals surface area contributed by atoms with Gasteiger partial charge in [0.15, 0.2) is 0 Å². The van der Waals surface area contributed by atoms with E-state index in [0.717, 1.165) is 5.69 Å². The Labute approximate surface area is 118 Å². The average Bonchev–Trinajstić information content (AvgIpc) is 2.26. The normalized spacial score (nSPS) is 11.4. The van der Waals surface area contributed by atoms with Crippen molar-refractivity contribution in [2.75, 3.05) is 11.1 Å². The lowest BCUT2D eigenvalue weighted by molar-refractivity contribution is 0.592. The number of halogens is 1. The third-order valence-electron chi connectivity index (χ3n) is 2.81. The minimum absolute atomic E-state index is 0.0493. The fourth-order valence-corrected chi connectivity index (χ4v) is 2.18. The first-order chi connectivity index (χ1) is 8.86. The number of nitrogens with one attached hydrogen (secondary N) is 1. The summed E-state index contributed by atoms with van der Waals surface area (Å²) in [6.45, 7) is 6.52. The van der Waals surface area contributed by atoms with Gasteiger partial charge in [-0.2, -0.15) is 0 Å². The topological polar surface area (TPSA) is 50.9 Å². The van der Waals surface area contributed by atoms with Crippen LogP contribution < -0.4 is 11.1 Å². The van der Waals surface area contributed by atoms with Crippen molar-refractivity contribution in [3.8, 4) is 0 Å². The first-order valence-electron chi connectivity index (χ1n) is 6.16. The number of nitrogen functional groups attached to an aromatic ring is 1. The summed E-state index contributed by atoms with van der Waals surface area (Å²) in [6, 6.07) is 11.6. The van der Waals surface area contributed by atoms with Crippen LogP contribution >= 0.6 is 11.6 Å². The zero-order valence-electron chi connectivity index (χ0n) is 11.4. The molecule has 1 aromatic heterocycles. The predicted molar refractivity (Wildman–Crippen MR) is 82.1 cm³/mol. The molecule has 0 aliphatic heterocycles. The second-order valence-corrected chi connectivity index (χ2v) is 5.92. The molecule has 3 nitrogen and oxygen atoms in total. The number of hydrogen-bond donors (Lipinski definition) is 2. The molecule has 0 saturated carbocycles. The van der Waals surface area contributed by atoms with E-state index in [-0.39, 0.29) is 5.41 Å². The number of para-hydroxylation sites is 1. The van der Waals surface area contributed by atoms with Gasteiger partial charge in [0.05, 0.1) is 0 Å². The number of aromatic nitrogens is 1. The Morgan fingerprint density at radius 2 is 1.84 bits per heavy atom. The second kappa shape index (κ2) is 5.10.